The lowest BCUT2D eigenvalue weighted by Crippen LogP contribution is -2.20. The molecule has 1 amide bonds. The Hall–Kier alpha value is -1.35. The monoisotopic (exact) mass is 193 g/mol. The van der Waals surface area contributed by atoms with Crippen LogP contribution in [-0.2, 0) is 4.79 Å². The predicted molar refractivity (Wildman–Crippen MR) is 56.6 cm³/mol. The van der Waals surface area contributed by atoms with Crippen LogP contribution in [0.4, 0.5) is 0 Å². The van der Waals surface area contributed by atoms with Gasteiger partial charge in [-0.15, -0.1) is 6.58 Å². The highest BCUT2D eigenvalue weighted by atomic mass is 32.1. The lowest BCUT2D eigenvalue weighted by Gasteiger charge is -1.94. The Morgan fingerprint density at radius 3 is 3.15 bits per heavy atom. The molecule has 3 heteroatoms. The summed E-state index contributed by atoms with van der Waals surface area (Å²) >= 11 is 1.61. The fourth-order valence-corrected chi connectivity index (χ4v) is 1.40. The third-order valence-electron chi connectivity index (χ3n) is 1.39. The van der Waals surface area contributed by atoms with Crippen LogP contribution in [0.15, 0.2) is 35.6 Å². The summed E-state index contributed by atoms with van der Waals surface area (Å²) in [5, 5.41) is 6.61. The Bertz CT molecular complexity index is 301. The van der Waals surface area contributed by atoms with E-state index in [0.717, 1.165) is 5.56 Å². The molecular formula is C10H11NOS. The molecule has 1 heterocycles. The van der Waals surface area contributed by atoms with Gasteiger partial charge in [0.25, 0.3) is 0 Å². The summed E-state index contributed by atoms with van der Waals surface area (Å²) < 4.78 is 0. The molecule has 2 nitrogen and oxygen atoms in total. The van der Waals surface area contributed by atoms with Gasteiger partial charge in [-0.3, -0.25) is 4.79 Å². The van der Waals surface area contributed by atoms with Gasteiger partial charge in [0, 0.05) is 12.6 Å². The van der Waals surface area contributed by atoms with Crippen molar-refractivity contribution in [2.24, 2.45) is 0 Å². The van der Waals surface area contributed by atoms with E-state index in [1.807, 2.05) is 16.8 Å². The molecule has 0 atom stereocenters. The number of hydrogen-bond acceptors (Lipinski definition) is 2. The van der Waals surface area contributed by atoms with E-state index >= 15 is 0 Å². The summed E-state index contributed by atoms with van der Waals surface area (Å²) in [4.78, 5) is 11.1. The molecule has 0 radical (unpaired) electrons. The minimum absolute atomic E-state index is 0.0916. The van der Waals surface area contributed by atoms with Gasteiger partial charge in [-0.1, -0.05) is 6.08 Å². The average Bonchev–Trinajstić information content (AvgIpc) is 2.64. The first-order valence-electron chi connectivity index (χ1n) is 3.92. The molecule has 1 rings (SSSR count). The number of amides is 1. The van der Waals surface area contributed by atoms with Crippen LogP contribution < -0.4 is 5.32 Å². The van der Waals surface area contributed by atoms with Crippen molar-refractivity contribution in [2.75, 3.05) is 6.54 Å². The van der Waals surface area contributed by atoms with Gasteiger partial charge in [-0.25, -0.2) is 0 Å². The lowest BCUT2D eigenvalue weighted by molar-refractivity contribution is -0.116. The molecule has 1 aromatic rings. The number of carbonyl (C=O) groups is 1. The van der Waals surface area contributed by atoms with E-state index in [0.29, 0.717) is 6.54 Å². The van der Waals surface area contributed by atoms with Crippen LogP contribution >= 0.6 is 11.3 Å². The summed E-state index contributed by atoms with van der Waals surface area (Å²) in [5.74, 6) is -0.0916. The Morgan fingerprint density at radius 2 is 2.54 bits per heavy atom. The Morgan fingerprint density at radius 1 is 1.69 bits per heavy atom. The predicted octanol–water partition coefficient (Wildman–Crippen LogP) is 2.06. The first kappa shape index (κ1) is 9.74. The highest BCUT2D eigenvalue weighted by Gasteiger charge is 1.91. The zero-order valence-electron chi connectivity index (χ0n) is 7.19. The van der Waals surface area contributed by atoms with Crippen molar-refractivity contribution in [1.29, 1.82) is 0 Å². The van der Waals surface area contributed by atoms with Crippen LogP contribution in [0.1, 0.15) is 5.56 Å². The minimum atomic E-state index is -0.0916. The second-order valence-corrected chi connectivity index (χ2v) is 3.20. The maximum Gasteiger partial charge on any atom is 0.244 e. The van der Waals surface area contributed by atoms with Gasteiger partial charge in [-0.2, -0.15) is 11.3 Å². The SMILES string of the molecule is C=CCNC(=O)/C=C/c1ccsc1. The first-order chi connectivity index (χ1) is 6.33. The van der Waals surface area contributed by atoms with Crippen molar-refractivity contribution in [3.05, 3.63) is 41.1 Å². The Balaban J connectivity index is 2.39. The molecule has 0 fully saturated rings. The first-order valence-corrected chi connectivity index (χ1v) is 4.86. The smallest absolute Gasteiger partial charge is 0.244 e. The lowest BCUT2D eigenvalue weighted by atomic mass is 10.3. The van der Waals surface area contributed by atoms with E-state index in [1.54, 1.807) is 23.5 Å². The highest BCUT2D eigenvalue weighted by Crippen LogP contribution is 2.07. The summed E-state index contributed by atoms with van der Waals surface area (Å²) in [6.45, 7) is 4.01. The molecule has 0 aliphatic carbocycles. The van der Waals surface area contributed by atoms with E-state index in [-0.39, 0.29) is 5.91 Å². The third kappa shape index (κ3) is 3.71. The van der Waals surface area contributed by atoms with E-state index < -0.39 is 0 Å². The van der Waals surface area contributed by atoms with Crippen molar-refractivity contribution in [1.82, 2.24) is 5.32 Å². The van der Waals surface area contributed by atoms with Crippen molar-refractivity contribution in [3.8, 4) is 0 Å². The van der Waals surface area contributed by atoms with Crippen LogP contribution in [0.2, 0.25) is 0 Å². The second kappa shape index (κ2) is 5.32. The van der Waals surface area contributed by atoms with Gasteiger partial charge in [0.1, 0.15) is 0 Å². The fraction of sp³-hybridized carbons (Fsp3) is 0.100. The number of carbonyl (C=O) groups excluding carboxylic acids is 1. The Labute approximate surface area is 81.6 Å². The van der Waals surface area contributed by atoms with E-state index in [9.17, 15) is 4.79 Å². The summed E-state index contributed by atoms with van der Waals surface area (Å²) in [5.41, 5.74) is 1.05. The molecule has 1 N–H and O–H groups in total. The molecule has 0 aromatic carbocycles. The van der Waals surface area contributed by atoms with Crippen LogP contribution in [0.5, 0.6) is 0 Å². The largest absolute Gasteiger partial charge is 0.349 e. The zero-order valence-corrected chi connectivity index (χ0v) is 8.01. The van der Waals surface area contributed by atoms with Gasteiger partial charge < -0.3 is 5.32 Å². The van der Waals surface area contributed by atoms with Gasteiger partial charge in [-0.05, 0) is 28.5 Å². The fourth-order valence-electron chi connectivity index (χ4n) is 0.773. The number of rotatable bonds is 4. The standard InChI is InChI=1S/C10H11NOS/c1-2-6-11-10(12)4-3-9-5-7-13-8-9/h2-5,7-8H,1,6H2,(H,11,12)/b4-3+. The Kier molecular flexibility index (Phi) is 3.99. The molecular weight excluding hydrogens is 182 g/mol. The van der Waals surface area contributed by atoms with Crippen molar-refractivity contribution in [3.63, 3.8) is 0 Å². The third-order valence-corrected chi connectivity index (χ3v) is 2.09. The normalized spacial score (nSPS) is 10.2. The highest BCUT2D eigenvalue weighted by molar-refractivity contribution is 7.08. The number of thiophene rings is 1. The van der Waals surface area contributed by atoms with Crippen LogP contribution in [0.3, 0.4) is 0 Å². The van der Waals surface area contributed by atoms with Gasteiger partial charge in [0.15, 0.2) is 0 Å². The second-order valence-electron chi connectivity index (χ2n) is 2.42. The number of nitrogens with one attached hydrogen (secondary N) is 1. The molecule has 0 aliphatic heterocycles. The number of hydrogen-bond donors (Lipinski definition) is 1. The van der Waals surface area contributed by atoms with E-state index in [4.69, 9.17) is 0 Å². The molecule has 13 heavy (non-hydrogen) atoms. The zero-order chi connectivity index (χ0) is 9.52. The summed E-state index contributed by atoms with van der Waals surface area (Å²) in [6, 6.07) is 1.96. The molecule has 0 saturated carbocycles. The van der Waals surface area contributed by atoms with Crippen molar-refractivity contribution >= 4 is 23.3 Å². The van der Waals surface area contributed by atoms with Crippen LogP contribution in [0, 0.1) is 0 Å². The van der Waals surface area contributed by atoms with Crippen LogP contribution in [0.25, 0.3) is 6.08 Å². The molecule has 0 unspecified atom stereocenters. The maximum atomic E-state index is 11.1. The van der Waals surface area contributed by atoms with Crippen molar-refractivity contribution in [2.45, 2.75) is 0 Å². The minimum Gasteiger partial charge on any atom is -0.349 e. The molecule has 0 aliphatic rings. The molecule has 1 aromatic heterocycles. The van der Waals surface area contributed by atoms with Gasteiger partial charge >= 0.3 is 0 Å². The topological polar surface area (TPSA) is 29.1 Å². The van der Waals surface area contributed by atoms with E-state index in [2.05, 4.69) is 11.9 Å². The molecule has 0 saturated heterocycles. The molecule has 0 bridgehead atoms. The van der Waals surface area contributed by atoms with E-state index in [1.165, 1.54) is 6.08 Å². The van der Waals surface area contributed by atoms with Crippen LogP contribution in [-0.4, -0.2) is 12.5 Å². The molecule has 0 spiro atoms. The van der Waals surface area contributed by atoms with Gasteiger partial charge in [0.05, 0.1) is 0 Å². The van der Waals surface area contributed by atoms with Crippen molar-refractivity contribution < 1.29 is 4.79 Å². The quantitative estimate of drug-likeness (QED) is 0.575. The summed E-state index contributed by atoms with van der Waals surface area (Å²) in [6.07, 6.45) is 4.96. The maximum absolute atomic E-state index is 11.1. The average molecular weight is 193 g/mol. The summed E-state index contributed by atoms with van der Waals surface area (Å²) in [7, 11) is 0. The van der Waals surface area contributed by atoms with Gasteiger partial charge in [0.2, 0.25) is 5.91 Å². The molecule has 68 valence electrons.